The van der Waals surface area contributed by atoms with E-state index in [4.69, 9.17) is 0 Å². The standard InChI is InChI=1S/C14H21NO2/c1-3-5-11-15-14(4-2,13(16)17)12-9-7-6-8-10-12/h6-10,15H,3-5,11H2,1-2H3,(H,16,17). The predicted octanol–water partition coefficient (Wildman–Crippen LogP) is 2.77. The van der Waals surface area contributed by atoms with Crippen LogP contribution in [0.25, 0.3) is 0 Å². The highest BCUT2D eigenvalue weighted by Crippen LogP contribution is 2.25. The van der Waals surface area contributed by atoms with Gasteiger partial charge in [0.15, 0.2) is 0 Å². The Labute approximate surface area is 103 Å². The van der Waals surface area contributed by atoms with Crippen LogP contribution in [0.15, 0.2) is 30.3 Å². The summed E-state index contributed by atoms with van der Waals surface area (Å²) in [4.78, 5) is 11.6. The van der Waals surface area contributed by atoms with Crippen molar-refractivity contribution in [1.29, 1.82) is 0 Å². The van der Waals surface area contributed by atoms with E-state index < -0.39 is 11.5 Å². The first-order valence-corrected chi connectivity index (χ1v) is 6.21. The van der Waals surface area contributed by atoms with Crippen LogP contribution in [0.4, 0.5) is 0 Å². The molecule has 0 spiro atoms. The summed E-state index contributed by atoms with van der Waals surface area (Å²) >= 11 is 0. The zero-order valence-corrected chi connectivity index (χ0v) is 10.6. The lowest BCUT2D eigenvalue weighted by molar-refractivity contribution is -0.145. The summed E-state index contributed by atoms with van der Waals surface area (Å²) in [6.07, 6.45) is 2.58. The van der Waals surface area contributed by atoms with Crippen LogP contribution in [0.2, 0.25) is 0 Å². The van der Waals surface area contributed by atoms with Gasteiger partial charge in [-0.15, -0.1) is 0 Å². The number of carbonyl (C=O) groups is 1. The quantitative estimate of drug-likeness (QED) is 0.714. The number of hydrogen-bond donors (Lipinski definition) is 2. The maximum Gasteiger partial charge on any atom is 0.328 e. The van der Waals surface area contributed by atoms with E-state index >= 15 is 0 Å². The first-order valence-electron chi connectivity index (χ1n) is 6.21. The van der Waals surface area contributed by atoms with Gasteiger partial charge < -0.3 is 5.11 Å². The lowest BCUT2D eigenvalue weighted by Crippen LogP contribution is -2.49. The summed E-state index contributed by atoms with van der Waals surface area (Å²) in [6.45, 7) is 4.73. The Morgan fingerprint density at radius 1 is 1.29 bits per heavy atom. The van der Waals surface area contributed by atoms with Gasteiger partial charge in [-0.3, -0.25) is 5.32 Å². The Morgan fingerprint density at radius 2 is 1.94 bits per heavy atom. The molecule has 0 saturated heterocycles. The third kappa shape index (κ3) is 3.07. The fourth-order valence-corrected chi connectivity index (χ4v) is 1.98. The molecule has 0 saturated carbocycles. The van der Waals surface area contributed by atoms with Crippen LogP contribution >= 0.6 is 0 Å². The number of hydrogen-bond acceptors (Lipinski definition) is 2. The van der Waals surface area contributed by atoms with Crippen LogP contribution in [0.3, 0.4) is 0 Å². The first kappa shape index (κ1) is 13.7. The molecule has 2 N–H and O–H groups in total. The van der Waals surface area contributed by atoms with E-state index in [1.54, 1.807) is 0 Å². The SMILES string of the molecule is CCCCNC(CC)(C(=O)O)c1ccccc1. The van der Waals surface area contributed by atoms with E-state index in [1.165, 1.54) is 0 Å². The summed E-state index contributed by atoms with van der Waals surface area (Å²) in [5.41, 5.74) is -0.123. The van der Waals surface area contributed by atoms with Gasteiger partial charge in [0.2, 0.25) is 0 Å². The van der Waals surface area contributed by atoms with Gasteiger partial charge in [-0.1, -0.05) is 50.6 Å². The Kier molecular flexibility index (Phi) is 5.16. The molecule has 0 aliphatic carbocycles. The van der Waals surface area contributed by atoms with Crippen LogP contribution in [0, 0.1) is 0 Å². The average molecular weight is 235 g/mol. The van der Waals surface area contributed by atoms with Gasteiger partial charge in [-0.25, -0.2) is 4.79 Å². The molecule has 1 rings (SSSR count). The summed E-state index contributed by atoms with van der Waals surface area (Å²) in [5, 5.41) is 12.7. The van der Waals surface area contributed by atoms with E-state index in [9.17, 15) is 9.90 Å². The van der Waals surface area contributed by atoms with E-state index in [-0.39, 0.29) is 0 Å². The molecule has 1 aromatic rings. The Hall–Kier alpha value is -1.35. The smallest absolute Gasteiger partial charge is 0.328 e. The van der Waals surface area contributed by atoms with Crippen molar-refractivity contribution in [3.8, 4) is 0 Å². The topological polar surface area (TPSA) is 49.3 Å². The molecule has 0 amide bonds. The summed E-state index contributed by atoms with van der Waals surface area (Å²) in [5.74, 6) is -0.803. The fraction of sp³-hybridized carbons (Fsp3) is 0.500. The Balaban J connectivity index is 2.97. The molecular weight excluding hydrogens is 214 g/mol. The van der Waals surface area contributed by atoms with Gasteiger partial charge in [-0.2, -0.15) is 0 Å². The van der Waals surface area contributed by atoms with Crippen molar-refractivity contribution >= 4 is 5.97 Å². The molecule has 3 nitrogen and oxygen atoms in total. The maximum absolute atomic E-state index is 11.6. The summed E-state index contributed by atoms with van der Waals surface area (Å²) in [6, 6.07) is 9.40. The lowest BCUT2D eigenvalue weighted by atomic mass is 9.87. The molecule has 0 fully saturated rings. The molecule has 3 heteroatoms. The third-order valence-electron chi connectivity index (χ3n) is 3.12. The van der Waals surface area contributed by atoms with Crippen LogP contribution < -0.4 is 5.32 Å². The number of unbranched alkanes of at least 4 members (excludes halogenated alkanes) is 1. The molecule has 0 aliphatic rings. The van der Waals surface area contributed by atoms with Crippen molar-refractivity contribution in [2.24, 2.45) is 0 Å². The largest absolute Gasteiger partial charge is 0.480 e. The normalized spacial score (nSPS) is 14.2. The molecule has 0 bridgehead atoms. The molecule has 0 heterocycles. The van der Waals surface area contributed by atoms with E-state index in [1.807, 2.05) is 37.3 Å². The van der Waals surface area contributed by atoms with Crippen molar-refractivity contribution in [1.82, 2.24) is 5.32 Å². The molecule has 17 heavy (non-hydrogen) atoms. The van der Waals surface area contributed by atoms with Gasteiger partial charge >= 0.3 is 5.97 Å². The van der Waals surface area contributed by atoms with Crippen LogP contribution in [-0.2, 0) is 10.3 Å². The van der Waals surface area contributed by atoms with E-state index in [0.29, 0.717) is 6.42 Å². The minimum absolute atomic E-state index is 0.538. The second kappa shape index (κ2) is 6.40. The zero-order chi connectivity index (χ0) is 12.7. The zero-order valence-electron chi connectivity index (χ0n) is 10.6. The van der Waals surface area contributed by atoms with Crippen molar-refractivity contribution < 1.29 is 9.90 Å². The molecular formula is C14H21NO2. The highest BCUT2D eigenvalue weighted by atomic mass is 16.4. The maximum atomic E-state index is 11.6. The molecule has 0 radical (unpaired) electrons. The van der Waals surface area contributed by atoms with Crippen molar-refractivity contribution in [3.63, 3.8) is 0 Å². The van der Waals surface area contributed by atoms with Gasteiger partial charge in [0.25, 0.3) is 0 Å². The molecule has 0 aromatic heterocycles. The lowest BCUT2D eigenvalue weighted by Gasteiger charge is -2.30. The minimum atomic E-state index is -0.948. The second-order valence-electron chi connectivity index (χ2n) is 4.21. The Bertz CT molecular complexity index is 350. The van der Waals surface area contributed by atoms with Crippen molar-refractivity contribution in [2.45, 2.75) is 38.6 Å². The molecule has 94 valence electrons. The number of carboxylic acids is 1. The van der Waals surface area contributed by atoms with E-state index in [0.717, 1.165) is 24.9 Å². The second-order valence-corrected chi connectivity index (χ2v) is 4.21. The van der Waals surface area contributed by atoms with Crippen LogP contribution in [0.1, 0.15) is 38.7 Å². The number of benzene rings is 1. The number of nitrogens with one attached hydrogen (secondary N) is 1. The first-order chi connectivity index (χ1) is 8.17. The molecule has 0 aliphatic heterocycles. The van der Waals surface area contributed by atoms with Crippen LogP contribution in [-0.4, -0.2) is 17.6 Å². The van der Waals surface area contributed by atoms with Crippen molar-refractivity contribution in [3.05, 3.63) is 35.9 Å². The molecule has 1 atom stereocenters. The van der Waals surface area contributed by atoms with Crippen LogP contribution in [0.5, 0.6) is 0 Å². The number of aliphatic carboxylic acids is 1. The third-order valence-corrected chi connectivity index (χ3v) is 3.12. The predicted molar refractivity (Wildman–Crippen MR) is 69.0 cm³/mol. The highest BCUT2D eigenvalue weighted by molar-refractivity contribution is 5.80. The Morgan fingerprint density at radius 3 is 2.41 bits per heavy atom. The van der Waals surface area contributed by atoms with Crippen molar-refractivity contribution in [2.75, 3.05) is 6.54 Å². The molecule has 1 unspecified atom stereocenters. The van der Waals surface area contributed by atoms with Gasteiger partial charge in [0, 0.05) is 0 Å². The van der Waals surface area contributed by atoms with Gasteiger partial charge in [0.05, 0.1) is 0 Å². The number of rotatable bonds is 7. The molecule has 1 aromatic carbocycles. The average Bonchev–Trinajstić information content (AvgIpc) is 2.36. The van der Waals surface area contributed by atoms with Gasteiger partial charge in [0.1, 0.15) is 5.54 Å². The number of carboxylic acid groups (broad SMARTS) is 1. The highest BCUT2D eigenvalue weighted by Gasteiger charge is 2.37. The fourth-order valence-electron chi connectivity index (χ4n) is 1.98. The van der Waals surface area contributed by atoms with Gasteiger partial charge in [-0.05, 0) is 24.9 Å². The summed E-state index contributed by atoms with van der Waals surface area (Å²) in [7, 11) is 0. The minimum Gasteiger partial charge on any atom is -0.480 e. The van der Waals surface area contributed by atoms with E-state index in [2.05, 4.69) is 12.2 Å². The monoisotopic (exact) mass is 235 g/mol. The summed E-state index contributed by atoms with van der Waals surface area (Å²) < 4.78 is 0.